The van der Waals surface area contributed by atoms with Gasteiger partial charge in [-0.3, -0.25) is 4.79 Å². The van der Waals surface area contributed by atoms with E-state index in [0.29, 0.717) is 12.1 Å². The van der Waals surface area contributed by atoms with Crippen LogP contribution in [0.2, 0.25) is 0 Å². The Kier molecular flexibility index (Phi) is 5.25. The fourth-order valence-corrected chi connectivity index (χ4v) is 4.12. The third-order valence-electron chi connectivity index (χ3n) is 5.22. The van der Waals surface area contributed by atoms with Gasteiger partial charge < -0.3 is 9.72 Å². The van der Waals surface area contributed by atoms with Crippen molar-refractivity contribution in [1.29, 1.82) is 0 Å². The van der Waals surface area contributed by atoms with Crippen LogP contribution in [0.1, 0.15) is 31.0 Å². The maximum absolute atomic E-state index is 14.2. The molecule has 0 saturated carbocycles. The lowest BCUT2D eigenvalue weighted by Gasteiger charge is -2.31. The van der Waals surface area contributed by atoms with E-state index in [0.717, 1.165) is 28.2 Å². The summed E-state index contributed by atoms with van der Waals surface area (Å²) in [4.78, 5) is 20.2. The standard InChI is InChI=1S/C22H19BrF2N2O2/c1-11(2)18-16(9-12-3-5-13(23)6-4-12)22(28)29-21-19(18)26-20(27-21)15-10-14(24)7-8-17(15)25/h3-8,10-11,16,18H,9H2,1-2H3,(H,26,27)/t16-,18+/m0/s1. The fourth-order valence-electron chi connectivity index (χ4n) is 3.86. The summed E-state index contributed by atoms with van der Waals surface area (Å²) in [6.07, 6.45) is 0.505. The number of carbonyl (C=O) groups excluding carboxylic acids is 1. The van der Waals surface area contributed by atoms with Crippen LogP contribution < -0.4 is 4.74 Å². The second kappa shape index (κ2) is 7.71. The number of carbonyl (C=O) groups is 1. The molecule has 4 nitrogen and oxygen atoms in total. The topological polar surface area (TPSA) is 55.0 Å². The van der Waals surface area contributed by atoms with Crippen molar-refractivity contribution in [1.82, 2.24) is 9.97 Å². The average molecular weight is 461 g/mol. The Balaban J connectivity index is 1.73. The van der Waals surface area contributed by atoms with Crippen molar-refractivity contribution in [3.05, 3.63) is 69.8 Å². The van der Waals surface area contributed by atoms with Crippen LogP contribution in [0.5, 0.6) is 5.88 Å². The molecular weight excluding hydrogens is 442 g/mol. The molecule has 7 heteroatoms. The maximum Gasteiger partial charge on any atom is 0.316 e. The highest BCUT2D eigenvalue weighted by Crippen LogP contribution is 2.43. The zero-order valence-electron chi connectivity index (χ0n) is 15.9. The molecule has 0 aliphatic carbocycles. The van der Waals surface area contributed by atoms with E-state index in [2.05, 4.69) is 25.9 Å². The molecule has 4 rings (SSSR count). The normalized spacial score (nSPS) is 18.6. The van der Waals surface area contributed by atoms with Crippen molar-refractivity contribution in [2.75, 3.05) is 0 Å². The first kappa shape index (κ1) is 19.8. The molecule has 1 aliphatic rings. The van der Waals surface area contributed by atoms with E-state index >= 15 is 0 Å². The van der Waals surface area contributed by atoms with Gasteiger partial charge in [-0.15, -0.1) is 0 Å². The lowest BCUT2D eigenvalue weighted by atomic mass is 9.77. The van der Waals surface area contributed by atoms with Crippen LogP contribution in [-0.2, 0) is 11.2 Å². The molecule has 0 saturated heterocycles. The molecule has 150 valence electrons. The molecule has 2 aromatic carbocycles. The van der Waals surface area contributed by atoms with Crippen LogP contribution >= 0.6 is 15.9 Å². The highest BCUT2D eigenvalue weighted by atomic mass is 79.9. The smallest absolute Gasteiger partial charge is 0.316 e. The van der Waals surface area contributed by atoms with E-state index in [4.69, 9.17) is 4.74 Å². The number of halogens is 3. The number of nitrogens with one attached hydrogen (secondary N) is 1. The van der Waals surface area contributed by atoms with Crippen LogP contribution in [0.3, 0.4) is 0 Å². The van der Waals surface area contributed by atoms with Crippen molar-refractivity contribution in [2.24, 2.45) is 11.8 Å². The second-order valence-corrected chi connectivity index (χ2v) is 8.47. The highest BCUT2D eigenvalue weighted by Gasteiger charge is 2.42. The minimum atomic E-state index is -0.601. The first-order valence-corrected chi connectivity index (χ1v) is 10.1. The van der Waals surface area contributed by atoms with Crippen molar-refractivity contribution >= 4 is 21.9 Å². The van der Waals surface area contributed by atoms with Gasteiger partial charge in [0.25, 0.3) is 0 Å². The van der Waals surface area contributed by atoms with E-state index in [1.54, 1.807) is 0 Å². The summed E-state index contributed by atoms with van der Waals surface area (Å²) in [6, 6.07) is 11.0. The Morgan fingerprint density at radius 1 is 1.17 bits per heavy atom. The monoisotopic (exact) mass is 460 g/mol. The molecule has 2 atom stereocenters. The predicted molar refractivity (Wildman–Crippen MR) is 108 cm³/mol. The van der Waals surface area contributed by atoms with Crippen LogP contribution in [0.15, 0.2) is 46.9 Å². The molecule has 0 bridgehead atoms. The van der Waals surface area contributed by atoms with Crippen LogP contribution in [0, 0.1) is 23.5 Å². The van der Waals surface area contributed by atoms with Crippen molar-refractivity contribution in [3.63, 3.8) is 0 Å². The Hall–Kier alpha value is -2.54. The van der Waals surface area contributed by atoms with Gasteiger partial charge >= 0.3 is 5.97 Å². The number of esters is 1. The maximum atomic E-state index is 14.2. The van der Waals surface area contributed by atoms with Gasteiger partial charge in [0.1, 0.15) is 23.2 Å². The summed E-state index contributed by atoms with van der Waals surface area (Å²) in [7, 11) is 0. The van der Waals surface area contributed by atoms with Crippen LogP contribution in [0.4, 0.5) is 8.78 Å². The third kappa shape index (κ3) is 3.83. The van der Waals surface area contributed by atoms with Gasteiger partial charge in [-0.1, -0.05) is 41.9 Å². The SMILES string of the molecule is CC(C)[C@H]1c2nc(-c3cc(F)ccc3F)[nH]c2OC(=O)[C@H]1Cc1ccc(Br)cc1. The molecule has 1 aliphatic heterocycles. The number of H-pyrrole nitrogens is 1. The van der Waals surface area contributed by atoms with E-state index in [1.807, 2.05) is 38.1 Å². The summed E-state index contributed by atoms with van der Waals surface area (Å²) in [5, 5.41) is 0. The quantitative estimate of drug-likeness (QED) is 0.512. The molecule has 2 heterocycles. The van der Waals surface area contributed by atoms with Gasteiger partial charge in [0.2, 0.25) is 5.88 Å². The van der Waals surface area contributed by atoms with Crippen molar-refractivity contribution < 1.29 is 18.3 Å². The highest BCUT2D eigenvalue weighted by molar-refractivity contribution is 9.10. The molecule has 0 fully saturated rings. The lowest BCUT2D eigenvalue weighted by molar-refractivity contribution is -0.142. The first-order valence-electron chi connectivity index (χ1n) is 9.35. The van der Waals surface area contributed by atoms with Gasteiger partial charge in [-0.25, -0.2) is 13.8 Å². The molecule has 0 spiro atoms. The Morgan fingerprint density at radius 2 is 1.90 bits per heavy atom. The summed E-state index contributed by atoms with van der Waals surface area (Å²) < 4.78 is 34.3. The van der Waals surface area contributed by atoms with E-state index in [1.165, 1.54) is 0 Å². The van der Waals surface area contributed by atoms with Gasteiger partial charge in [0.05, 0.1) is 11.5 Å². The number of hydrogen-bond donors (Lipinski definition) is 1. The molecule has 3 aromatic rings. The molecular formula is C22H19BrF2N2O2. The summed E-state index contributed by atoms with van der Waals surface area (Å²) >= 11 is 3.41. The Bertz CT molecular complexity index is 1060. The average Bonchev–Trinajstić information content (AvgIpc) is 3.08. The molecule has 29 heavy (non-hydrogen) atoms. The van der Waals surface area contributed by atoms with Gasteiger partial charge in [-0.2, -0.15) is 0 Å². The number of rotatable bonds is 4. The molecule has 0 radical (unpaired) electrons. The summed E-state index contributed by atoms with van der Waals surface area (Å²) in [6.45, 7) is 4.03. The lowest BCUT2D eigenvalue weighted by Crippen LogP contribution is -2.35. The van der Waals surface area contributed by atoms with Gasteiger partial charge in [0, 0.05) is 10.4 Å². The zero-order valence-corrected chi connectivity index (χ0v) is 17.5. The molecule has 0 amide bonds. The molecule has 1 N–H and O–H groups in total. The molecule has 1 aromatic heterocycles. The second-order valence-electron chi connectivity index (χ2n) is 7.55. The van der Waals surface area contributed by atoms with E-state index in [-0.39, 0.29) is 35.1 Å². The Morgan fingerprint density at radius 3 is 2.59 bits per heavy atom. The number of fused-ring (bicyclic) bond motifs is 1. The number of nitrogens with zero attached hydrogens (tertiary/aromatic N) is 1. The first-order chi connectivity index (χ1) is 13.8. The summed E-state index contributed by atoms with van der Waals surface area (Å²) in [5.74, 6) is -1.70. The summed E-state index contributed by atoms with van der Waals surface area (Å²) in [5.41, 5.74) is 1.58. The number of aromatic nitrogens is 2. The van der Waals surface area contributed by atoms with Crippen molar-refractivity contribution in [2.45, 2.75) is 26.2 Å². The van der Waals surface area contributed by atoms with Gasteiger partial charge in [0.15, 0.2) is 0 Å². The van der Waals surface area contributed by atoms with Gasteiger partial charge in [-0.05, 0) is 48.2 Å². The van der Waals surface area contributed by atoms with Crippen LogP contribution in [-0.4, -0.2) is 15.9 Å². The molecule has 0 unspecified atom stereocenters. The van der Waals surface area contributed by atoms with E-state index in [9.17, 15) is 13.6 Å². The minimum Gasteiger partial charge on any atom is -0.407 e. The Labute approximate surface area is 175 Å². The fraction of sp³-hybridized carbons (Fsp3) is 0.273. The zero-order chi connectivity index (χ0) is 20.7. The minimum absolute atomic E-state index is 0.00224. The largest absolute Gasteiger partial charge is 0.407 e. The number of hydrogen-bond acceptors (Lipinski definition) is 3. The van der Waals surface area contributed by atoms with E-state index < -0.39 is 17.6 Å². The number of imidazole rings is 1. The van der Waals surface area contributed by atoms with Crippen molar-refractivity contribution in [3.8, 4) is 17.3 Å². The third-order valence-corrected chi connectivity index (χ3v) is 5.75. The number of ether oxygens (including phenoxy) is 1. The van der Waals surface area contributed by atoms with Crippen LogP contribution in [0.25, 0.3) is 11.4 Å². The number of aromatic amines is 1. The number of benzene rings is 2. The predicted octanol–water partition coefficient (Wildman–Crippen LogP) is 5.63.